The summed E-state index contributed by atoms with van der Waals surface area (Å²) in [5.41, 5.74) is 1.23. The van der Waals surface area contributed by atoms with E-state index >= 15 is 0 Å². The van der Waals surface area contributed by atoms with Crippen molar-refractivity contribution < 1.29 is 9.53 Å². The molecule has 2 fully saturated rings. The van der Waals surface area contributed by atoms with E-state index in [1.807, 2.05) is 12.1 Å². The van der Waals surface area contributed by atoms with Gasteiger partial charge in [0, 0.05) is 32.2 Å². The highest BCUT2D eigenvalue weighted by atomic mass is 16.5. The molecule has 2 saturated heterocycles. The van der Waals surface area contributed by atoms with Gasteiger partial charge in [0.25, 0.3) is 0 Å². The number of benzene rings is 1. The summed E-state index contributed by atoms with van der Waals surface area (Å²) in [5.74, 6) is 1.14. The van der Waals surface area contributed by atoms with Gasteiger partial charge in [0.1, 0.15) is 5.75 Å². The lowest BCUT2D eigenvalue weighted by molar-refractivity contribution is -0.135. The number of methoxy groups -OCH3 is 1. The lowest BCUT2D eigenvalue weighted by Gasteiger charge is -2.37. The van der Waals surface area contributed by atoms with Gasteiger partial charge in [0.05, 0.1) is 19.7 Å². The Morgan fingerprint density at radius 3 is 2.72 bits per heavy atom. The van der Waals surface area contributed by atoms with Crippen LogP contribution in [0.1, 0.15) is 44.2 Å². The molecule has 2 aliphatic rings. The highest BCUT2D eigenvalue weighted by molar-refractivity contribution is 5.79. The average molecular weight is 345 g/mol. The quantitative estimate of drug-likeness (QED) is 0.910. The van der Waals surface area contributed by atoms with E-state index in [4.69, 9.17) is 4.74 Å². The van der Waals surface area contributed by atoms with Gasteiger partial charge in [0.2, 0.25) is 5.91 Å². The molecule has 138 valence electrons. The molecule has 1 N–H and O–H groups in total. The molecule has 2 atom stereocenters. The Balaban J connectivity index is 1.73. The molecule has 0 aliphatic carbocycles. The number of nitrogens with zero attached hydrogens (tertiary/aromatic N) is 2. The van der Waals surface area contributed by atoms with Gasteiger partial charge in [0.15, 0.2) is 0 Å². The van der Waals surface area contributed by atoms with Crippen molar-refractivity contribution in [3.05, 3.63) is 29.8 Å². The first-order chi connectivity index (χ1) is 12.2. The minimum atomic E-state index is 0.194. The van der Waals surface area contributed by atoms with E-state index in [9.17, 15) is 4.79 Å². The summed E-state index contributed by atoms with van der Waals surface area (Å²) in [6, 6.07) is 8.84. The van der Waals surface area contributed by atoms with Gasteiger partial charge in [-0.3, -0.25) is 9.69 Å². The van der Waals surface area contributed by atoms with Crippen molar-refractivity contribution in [3.8, 4) is 5.75 Å². The zero-order valence-electron chi connectivity index (χ0n) is 15.5. The van der Waals surface area contributed by atoms with Crippen molar-refractivity contribution in [1.82, 2.24) is 15.1 Å². The second-order valence-electron chi connectivity index (χ2n) is 7.25. The van der Waals surface area contributed by atoms with Crippen molar-refractivity contribution in [3.63, 3.8) is 0 Å². The van der Waals surface area contributed by atoms with E-state index in [0.29, 0.717) is 12.6 Å². The normalized spacial score (nSPS) is 25.4. The topological polar surface area (TPSA) is 44.8 Å². The Kier molecular flexibility index (Phi) is 6.32. The first-order valence-electron chi connectivity index (χ1n) is 9.57. The standard InChI is InChI=1S/C20H31N3O2/c1-16-14-21-11-13-22(16)15-20(24)23-12-5-3-4-6-19(23)17-7-9-18(25-2)10-8-17/h7-10,16,19,21H,3-6,11-15H2,1-2H3/t16-,19?/m0/s1. The highest BCUT2D eigenvalue weighted by Gasteiger charge is 2.29. The maximum absolute atomic E-state index is 13.1. The third kappa shape index (κ3) is 4.53. The summed E-state index contributed by atoms with van der Waals surface area (Å²) < 4.78 is 5.27. The molecular formula is C20H31N3O2. The summed E-state index contributed by atoms with van der Waals surface area (Å²) in [6.45, 7) is 6.50. The number of carbonyl (C=O) groups is 1. The number of amides is 1. The van der Waals surface area contributed by atoms with Crippen molar-refractivity contribution >= 4 is 5.91 Å². The van der Waals surface area contributed by atoms with Gasteiger partial charge in [-0.1, -0.05) is 25.0 Å². The van der Waals surface area contributed by atoms with Gasteiger partial charge < -0.3 is 15.0 Å². The van der Waals surface area contributed by atoms with E-state index in [1.165, 1.54) is 18.4 Å². The summed E-state index contributed by atoms with van der Waals surface area (Å²) in [5, 5.41) is 3.39. The highest BCUT2D eigenvalue weighted by Crippen LogP contribution is 2.31. The summed E-state index contributed by atoms with van der Waals surface area (Å²) in [7, 11) is 1.69. The molecule has 1 amide bonds. The molecule has 1 aromatic carbocycles. The lowest BCUT2D eigenvalue weighted by atomic mass is 10.0. The van der Waals surface area contributed by atoms with Crippen LogP contribution in [0.25, 0.3) is 0 Å². The van der Waals surface area contributed by atoms with Crippen LogP contribution in [0.15, 0.2) is 24.3 Å². The van der Waals surface area contributed by atoms with Crippen LogP contribution in [0.3, 0.4) is 0 Å². The SMILES string of the molecule is COc1ccc(C2CCCCCN2C(=O)CN2CCNC[C@@H]2C)cc1. The number of ether oxygens (including phenoxy) is 1. The zero-order chi connectivity index (χ0) is 17.6. The first-order valence-corrected chi connectivity index (χ1v) is 9.57. The summed E-state index contributed by atoms with van der Waals surface area (Å²) in [6.07, 6.45) is 4.55. The predicted molar refractivity (Wildman–Crippen MR) is 99.8 cm³/mol. The third-order valence-corrected chi connectivity index (χ3v) is 5.55. The van der Waals surface area contributed by atoms with Crippen LogP contribution < -0.4 is 10.1 Å². The van der Waals surface area contributed by atoms with Gasteiger partial charge in [-0.2, -0.15) is 0 Å². The van der Waals surface area contributed by atoms with Gasteiger partial charge >= 0.3 is 0 Å². The van der Waals surface area contributed by atoms with Crippen molar-refractivity contribution in [2.45, 2.75) is 44.7 Å². The number of likely N-dealkylation sites (tertiary alicyclic amines) is 1. The van der Waals surface area contributed by atoms with Crippen molar-refractivity contribution in [2.75, 3.05) is 39.8 Å². The first kappa shape index (κ1) is 18.2. The number of piperazine rings is 1. The predicted octanol–water partition coefficient (Wildman–Crippen LogP) is 2.43. The summed E-state index contributed by atoms with van der Waals surface area (Å²) in [4.78, 5) is 17.6. The molecule has 2 aliphatic heterocycles. The fourth-order valence-electron chi connectivity index (χ4n) is 3.96. The fraction of sp³-hybridized carbons (Fsp3) is 0.650. The maximum atomic E-state index is 13.1. The Bertz CT molecular complexity index is 561. The molecule has 0 spiro atoms. The van der Waals surface area contributed by atoms with E-state index in [1.54, 1.807) is 7.11 Å². The van der Waals surface area contributed by atoms with E-state index in [0.717, 1.165) is 44.8 Å². The number of hydrogen-bond acceptors (Lipinski definition) is 4. The van der Waals surface area contributed by atoms with Crippen LogP contribution in [0.5, 0.6) is 5.75 Å². The van der Waals surface area contributed by atoms with Gasteiger partial charge in [-0.25, -0.2) is 0 Å². The number of hydrogen-bond donors (Lipinski definition) is 1. The minimum absolute atomic E-state index is 0.194. The minimum Gasteiger partial charge on any atom is -0.497 e. The fourth-order valence-corrected chi connectivity index (χ4v) is 3.96. The molecule has 0 saturated carbocycles. The molecule has 1 unspecified atom stereocenters. The number of rotatable bonds is 4. The molecule has 2 heterocycles. The van der Waals surface area contributed by atoms with E-state index in [2.05, 4.69) is 34.2 Å². The van der Waals surface area contributed by atoms with E-state index < -0.39 is 0 Å². The monoisotopic (exact) mass is 345 g/mol. The average Bonchev–Trinajstić information content (AvgIpc) is 2.90. The largest absolute Gasteiger partial charge is 0.497 e. The Morgan fingerprint density at radius 1 is 1.20 bits per heavy atom. The Labute approximate surface area is 151 Å². The van der Waals surface area contributed by atoms with Gasteiger partial charge in [-0.05, 0) is 37.5 Å². The molecule has 0 radical (unpaired) electrons. The smallest absolute Gasteiger partial charge is 0.237 e. The Morgan fingerprint density at radius 2 is 2.00 bits per heavy atom. The maximum Gasteiger partial charge on any atom is 0.237 e. The van der Waals surface area contributed by atoms with Crippen LogP contribution in [-0.4, -0.2) is 61.6 Å². The second kappa shape index (κ2) is 8.68. The van der Waals surface area contributed by atoms with Crippen LogP contribution in [0.2, 0.25) is 0 Å². The second-order valence-corrected chi connectivity index (χ2v) is 7.25. The molecular weight excluding hydrogens is 314 g/mol. The van der Waals surface area contributed by atoms with Crippen molar-refractivity contribution in [1.29, 1.82) is 0 Å². The zero-order valence-corrected chi connectivity index (χ0v) is 15.5. The van der Waals surface area contributed by atoms with Crippen molar-refractivity contribution in [2.24, 2.45) is 0 Å². The molecule has 3 rings (SSSR count). The number of carbonyl (C=O) groups excluding carboxylic acids is 1. The van der Waals surface area contributed by atoms with Crippen LogP contribution in [0.4, 0.5) is 0 Å². The molecule has 0 bridgehead atoms. The molecule has 5 nitrogen and oxygen atoms in total. The Hall–Kier alpha value is -1.59. The molecule has 1 aromatic rings. The van der Waals surface area contributed by atoms with Crippen LogP contribution >= 0.6 is 0 Å². The number of nitrogens with one attached hydrogen (secondary N) is 1. The third-order valence-electron chi connectivity index (χ3n) is 5.55. The van der Waals surface area contributed by atoms with Crippen LogP contribution in [0, 0.1) is 0 Å². The van der Waals surface area contributed by atoms with E-state index in [-0.39, 0.29) is 11.9 Å². The van der Waals surface area contributed by atoms with Gasteiger partial charge in [-0.15, -0.1) is 0 Å². The molecule has 5 heteroatoms. The van der Waals surface area contributed by atoms with Crippen LogP contribution in [-0.2, 0) is 4.79 Å². The lowest BCUT2D eigenvalue weighted by Crippen LogP contribution is -2.53. The molecule has 0 aromatic heterocycles. The summed E-state index contributed by atoms with van der Waals surface area (Å²) >= 11 is 0. The molecule has 25 heavy (non-hydrogen) atoms.